The third-order valence-corrected chi connectivity index (χ3v) is 2.21. The quantitative estimate of drug-likeness (QED) is 0.519. The summed E-state index contributed by atoms with van der Waals surface area (Å²) in [6, 6.07) is 0. The number of allylic oxidation sites excluding steroid dienone is 3. The highest BCUT2D eigenvalue weighted by Gasteiger charge is 2.06. The van der Waals surface area contributed by atoms with Crippen molar-refractivity contribution in [2.75, 3.05) is 7.05 Å². The fraction of sp³-hybridized carbons (Fsp3) is 0.545. The van der Waals surface area contributed by atoms with Crippen LogP contribution in [0.25, 0.3) is 0 Å². The van der Waals surface area contributed by atoms with E-state index in [2.05, 4.69) is 35.5 Å². The molecular weight excluding hydrogens is 160 g/mol. The third kappa shape index (κ3) is 3.45. The molecule has 0 heterocycles. The van der Waals surface area contributed by atoms with Gasteiger partial charge in [0.25, 0.3) is 0 Å². The third-order valence-electron chi connectivity index (χ3n) is 2.21. The lowest BCUT2D eigenvalue weighted by atomic mass is 9.95. The average Bonchev–Trinajstić information content (AvgIpc) is 2.17. The maximum Gasteiger partial charge on any atom is 0.0864 e. The molecule has 1 aliphatic rings. The highest BCUT2D eigenvalue weighted by Crippen LogP contribution is 2.19. The molecule has 0 radical (unpaired) electrons. The zero-order valence-corrected chi connectivity index (χ0v) is 8.46. The molecule has 1 rings (SSSR count). The number of hydrogen-bond acceptors (Lipinski definition) is 1. The Labute approximate surface area is 80.4 Å². The minimum atomic E-state index is 0.745. The number of rotatable bonds is 4. The molecule has 2 heteroatoms. The Balaban J connectivity index is 2.36. The molecule has 1 aliphatic carbocycles. The Morgan fingerprint density at radius 1 is 1.69 bits per heavy atom. The Hall–Kier alpha value is -1.05. The van der Waals surface area contributed by atoms with Crippen LogP contribution < -0.4 is 5.32 Å². The number of aliphatic imine (C=N–C) groups is 1. The van der Waals surface area contributed by atoms with Crippen molar-refractivity contribution < 1.29 is 0 Å². The van der Waals surface area contributed by atoms with Gasteiger partial charge in [-0.05, 0) is 24.8 Å². The topological polar surface area (TPSA) is 24.4 Å². The van der Waals surface area contributed by atoms with Crippen molar-refractivity contribution >= 4 is 6.34 Å². The maximum absolute atomic E-state index is 3.87. The summed E-state index contributed by atoms with van der Waals surface area (Å²) in [5.74, 6) is 0.745. The molecule has 2 nitrogen and oxygen atoms in total. The summed E-state index contributed by atoms with van der Waals surface area (Å²) >= 11 is 0. The van der Waals surface area contributed by atoms with Gasteiger partial charge in [-0.3, -0.25) is 4.99 Å². The highest BCUT2D eigenvalue weighted by atomic mass is 14.9. The van der Waals surface area contributed by atoms with E-state index in [0.717, 1.165) is 18.0 Å². The molecule has 0 fully saturated rings. The summed E-state index contributed by atoms with van der Waals surface area (Å²) in [5, 5.41) is 3.12. The van der Waals surface area contributed by atoms with E-state index in [1.165, 1.54) is 12.8 Å². The van der Waals surface area contributed by atoms with Gasteiger partial charge in [-0.2, -0.15) is 0 Å². The first-order chi connectivity index (χ1) is 6.36. The standard InChI is InChI=1S/C11H18N2/c1-3-4-10-5-7-11(8-6-10)13-9-12-2/h5,7-10H,3-4,6H2,1-2H3,(H,12,13). The van der Waals surface area contributed by atoms with Gasteiger partial charge in [0.15, 0.2) is 0 Å². The minimum Gasteiger partial charge on any atom is -0.347 e. The summed E-state index contributed by atoms with van der Waals surface area (Å²) in [4.78, 5) is 3.87. The van der Waals surface area contributed by atoms with E-state index in [9.17, 15) is 0 Å². The fourth-order valence-electron chi connectivity index (χ4n) is 1.50. The van der Waals surface area contributed by atoms with Crippen LogP contribution in [0.3, 0.4) is 0 Å². The summed E-state index contributed by atoms with van der Waals surface area (Å²) in [6.45, 7) is 2.23. The molecular formula is C11H18N2. The molecule has 1 unspecified atom stereocenters. The van der Waals surface area contributed by atoms with Gasteiger partial charge < -0.3 is 5.32 Å². The van der Waals surface area contributed by atoms with Crippen molar-refractivity contribution in [2.45, 2.75) is 26.2 Å². The Morgan fingerprint density at radius 3 is 3.08 bits per heavy atom. The molecule has 13 heavy (non-hydrogen) atoms. The first-order valence-corrected chi connectivity index (χ1v) is 4.92. The molecule has 72 valence electrons. The van der Waals surface area contributed by atoms with Gasteiger partial charge in [-0.15, -0.1) is 0 Å². The van der Waals surface area contributed by atoms with E-state index in [1.807, 2.05) is 0 Å². The highest BCUT2D eigenvalue weighted by molar-refractivity contribution is 5.58. The zero-order chi connectivity index (χ0) is 9.52. The average molecular weight is 178 g/mol. The Kier molecular flexibility index (Phi) is 4.30. The first kappa shape index (κ1) is 10.0. The molecule has 1 atom stereocenters. The second-order valence-corrected chi connectivity index (χ2v) is 3.33. The number of nitrogens with one attached hydrogen (secondary N) is 1. The second kappa shape index (κ2) is 5.57. The minimum absolute atomic E-state index is 0.745. The largest absolute Gasteiger partial charge is 0.347 e. The fourth-order valence-corrected chi connectivity index (χ4v) is 1.50. The Morgan fingerprint density at radius 2 is 2.54 bits per heavy atom. The lowest BCUT2D eigenvalue weighted by molar-refractivity contribution is 0.580. The van der Waals surface area contributed by atoms with Crippen LogP contribution in [0.15, 0.2) is 28.9 Å². The second-order valence-electron chi connectivity index (χ2n) is 3.33. The van der Waals surface area contributed by atoms with E-state index in [0.29, 0.717) is 0 Å². The molecule has 0 saturated carbocycles. The summed E-state index contributed by atoms with van der Waals surface area (Å²) in [7, 11) is 1.76. The normalized spacial score (nSPS) is 22.0. The van der Waals surface area contributed by atoms with E-state index >= 15 is 0 Å². The smallest absolute Gasteiger partial charge is 0.0864 e. The van der Waals surface area contributed by atoms with E-state index in [1.54, 1.807) is 13.4 Å². The van der Waals surface area contributed by atoms with Gasteiger partial charge in [-0.1, -0.05) is 25.5 Å². The SMILES string of the molecule is CCCC1C=CC(N/C=N/C)=CC1. The Bertz CT molecular complexity index is 226. The van der Waals surface area contributed by atoms with Crippen LogP contribution in [0.1, 0.15) is 26.2 Å². The van der Waals surface area contributed by atoms with Crippen molar-refractivity contribution in [3.63, 3.8) is 0 Å². The molecule has 0 bridgehead atoms. The number of hydrogen-bond donors (Lipinski definition) is 1. The van der Waals surface area contributed by atoms with E-state index < -0.39 is 0 Å². The summed E-state index contributed by atoms with van der Waals surface area (Å²) in [6.07, 6.45) is 12.1. The lowest BCUT2D eigenvalue weighted by Crippen LogP contribution is -2.12. The summed E-state index contributed by atoms with van der Waals surface area (Å²) in [5.41, 5.74) is 1.16. The van der Waals surface area contributed by atoms with Crippen molar-refractivity contribution in [3.8, 4) is 0 Å². The van der Waals surface area contributed by atoms with Gasteiger partial charge in [0.1, 0.15) is 0 Å². The van der Waals surface area contributed by atoms with E-state index in [4.69, 9.17) is 0 Å². The van der Waals surface area contributed by atoms with Gasteiger partial charge in [0, 0.05) is 12.7 Å². The molecule has 0 aromatic carbocycles. The molecule has 0 spiro atoms. The van der Waals surface area contributed by atoms with Crippen molar-refractivity contribution in [1.29, 1.82) is 0 Å². The van der Waals surface area contributed by atoms with Gasteiger partial charge in [0.05, 0.1) is 6.34 Å². The van der Waals surface area contributed by atoms with Crippen LogP contribution in [0.4, 0.5) is 0 Å². The molecule has 0 amide bonds. The van der Waals surface area contributed by atoms with Gasteiger partial charge in [0.2, 0.25) is 0 Å². The molecule has 0 aromatic rings. The predicted molar refractivity (Wildman–Crippen MR) is 57.8 cm³/mol. The van der Waals surface area contributed by atoms with Gasteiger partial charge in [-0.25, -0.2) is 0 Å². The zero-order valence-electron chi connectivity index (χ0n) is 8.46. The van der Waals surface area contributed by atoms with Crippen LogP contribution in [-0.4, -0.2) is 13.4 Å². The predicted octanol–water partition coefficient (Wildman–Crippen LogP) is 2.49. The molecule has 0 aliphatic heterocycles. The molecule has 0 aromatic heterocycles. The van der Waals surface area contributed by atoms with Crippen molar-refractivity contribution in [1.82, 2.24) is 5.32 Å². The maximum atomic E-state index is 3.87. The van der Waals surface area contributed by atoms with Crippen molar-refractivity contribution in [3.05, 3.63) is 23.9 Å². The summed E-state index contributed by atoms with van der Waals surface area (Å²) < 4.78 is 0. The lowest BCUT2D eigenvalue weighted by Gasteiger charge is -2.14. The van der Waals surface area contributed by atoms with Crippen LogP contribution in [-0.2, 0) is 0 Å². The van der Waals surface area contributed by atoms with Crippen LogP contribution in [0.5, 0.6) is 0 Å². The van der Waals surface area contributed by atoms with Crippen LogP contribution in [0.2, 0.25) is 0 Å². The van der Waals surface area contributed by atoms with Crippen LogP contribution in [0, 0.1) is 5.92 Å². The van der Waals surface area contributed by atoms with Crippen LogP contribution >= 0.6 is 0 Å². The number of nitrogens with zero attached hydrogens (tertiary/aromatic N) is 1. The monoisotopic (exact) mass is 178 g/mol. The van der Waals surface area contributed by atoms with Crippen molar-refractivity contribution in [2.24, 2.45) is 10.9 Å². The first-order valence-electron chi connectivity index (χ1n) is 4.92. The molecule has 1 N–H and O–H groups in total. The van der Waals surface area contributed by atoms with E-state index in [-0.39, 0.29) is 0 Å². The molecule has 0 saturated heterocycles. The van der Waals surface area contributed by atoms with Gasteiger partial charge >= 0.3 is 0 Å².